The van der Waals surface area contributed by atoms with Crippen LogP contribution < -0.4 is 28.4 Å². The zero-order valence-corrected chi connectivity index (χ0v) is 21.8. The summed E-state index contributed by atoms with van der Waals surface area (Å²) in [6.07, 6.45) is 1.58. The van der Waals surface area contributed by atoms with Crippen LogP contribution in [-0.2, 0) is 11.3 Å². The van der Waals surface area contributed by atoms with Gasteiger partial charge in [0.15, 0.2) is 24.1 Å². The van der Waals surface area contributed by atoms with Crippen LogP contribution in [-0.4, -0.2) is 39.9 Å². The van der Waals surface area contributed by atoms with Crippen LogP contribution in [0.2, 0.25) is 5.02 Å². The number of methoxy groups -OCH3 is 3. The highest BCUT2D eigenvalue weighted by Gasteiger charge is 2.31. The lowest BCUT2D eigenvalue weighted by Gasteiger charge is -2.20. The van der Waals surface area contributed by atoms with Crippen molar-refractivity contribution in [3.63, 3.8) is 0 Å². The van der Waals surface area contributed by atoms with Crippen molar-refractivity contribution in [3.8, 4) is 34.5 Å². The topological polar surface area (TPSA) is 98.8 Å². The van der Waals surface area contributed by atoms with Crippen molar-refractivity contribution >= 4 is 29.4 Å². The molecule has 0 radical (unpaired) electrons. The van der Waals surface area contributed by atoms with Crippen molar-refractivity contribution in [1.29, 1.82) is 0 Å². The Hall–Kier alpha value is -4.21. The Balaban J connectivity index is 1.44. The van der Waals surface area contributed by atoms with Crippen LogP contribution in [0.4, 0.5) is 0 Å². The molecule has 0 unspecified atom stereocenters. The SMILES string of the molecule is COc1cc(C(=O)Oc2ccc3c(c2C)O/C(=C\c2cc(Cl)cc4c2OCOC4)C3=O)cc(OC)c1OC. The van der Waals surface area contributed by atoms with Crippen LogP contribution in [0, 0.1) is 6.92 Å². The van der Waals surface area contributed by atoms with Crippen LogP contribution in [0.15, 0.2) is 42.2 Å². The van der Waals surface area contributed by atoms with E-state index in [1.54, 1.807) is 37.3 Å². The van der Waals surface area contributed by atoms with Gasteiger partial charge in [-0.1, -0.05) is 11.6 Å². The second-order valence-corrected chi connectivity index (χ2v) is 8.84. The number of hydrogen-bond donors (Lipinski definition) is 0. The molecule has 0 bridgehead atoms. The van der Waals surface area contributed by atoms with Gasteiger partial charge in [0, 0.05) is 21.7 Å². The molecule has 0 spiro atoms. The van der Waals surface area contributed by atoms with Gasteiger partial charge in [-0.25, -0.2) is 4.79 Å². The number of halogens is 1. The first-order valence-corrected chi connectivity index (χ1v) is 11.8. The molecule has 5 rings (SSSR count). The van der Waals surface area contributed by atoms with Gasteiger partial charge in [-0.15, -0.1) is 0 Å². The largest absolute Gasteiger partial charge is 0.493 e. The fourth-order valence-electron chi connectivity index (χ4n) is 4.29. The summed E-state index contributed by atoms with van der Waals surface area (Å²) >= 11 is 6.26. The van der Waals surface area contributed by atoms with E-state index < -0.39 is 5.97 Å². The van der Waals surface area contributed by atoms with E-state index in [4.69, 9.17) is 44.8 Å². The van der Waals surface area contributed by atoms with Crippen molar-refractivity contribution in [2.75, 3.05) is 28.1 Å². The lowest BCUT2D eigenvalue weighted by Crippen LogP contribution is -2.12. The van der Waals surface area contributed by atoms with Crippen LogP contribution in [0.25, 0.3) is 6.08 Å². The molecule has 0 saturated heterocycles. The van der Waals surface area contributed by atoms with Gasteiger partial charge in [0.1, 0.15) is 17.2 Å². The van der Waals surface area contributed by atoms with E-state index in [1.165, 1.54) is 33.5 Å². The van der Waals surface area contributed by atoms with E-state index in [9.17, 15) is 9.59 Å². The Bertz CT molecular complexity index is 1470. The maximum atomic E-state index is 13.1. The van der Waals surface area contributed by atoms with Crippen LogP contribution in [0.3, 0.4) is 0 Å². The molecule has 0 aromatic heterocycles. The zero-order chi connectivity index (χ0) is 27.0. The predicted octanol–water partition coefficient (Wildman–Crippen LogP) is 5.38. The van der Waals surface area contributed by atoms with Gasteiger partial charge < -0.3 is 33.2 Å². The van der Waals surface area contributed by atoms with Crippen LogP contribution in [0.1, 0.15) is 37.4 Å². The first-order valence-electron chi connectivity index (χ1n) is 11.5. The average Bonchev–Trinajstić information content (AvgIpc) is 3.24. The molecular weight excluding hydrogens is 516 g/mol. The maximum absolute atomic E-state index is 13.1. The Morgan fingerprint density at radius 2 is 1.71 bits per heavy atom. The molecule has 0 atom stereocenters. The summed E-state index contributed by atoms with van der Waals surface area (Å²) in [4.78, 5) is 26.1. The molecule has 2 aliphatic heterocycles. The molecule has 10 heteroatoms. The number of rotatable bonds is 6. The van der Waals surface area contributed by atoms with E-state index in [0.29, 0.717) is 57.1 Å². The third-order valence-electron chi connectivity index (χ3n) is 6.13. The standard InChI is InChI=1S/C28H23ClO9/c1-14-20(38-28(31)16-10-22(32-2)27(34-4)23(11-16)33-3)6-5-19-24(30)21(37-25(14)19)9-15-7-18(29)8-17-12-35-13-36-26(15)17/h5-11H,12-13H2,1-4H3/b21-9-. The van der Waals surface area contributed by atoms with Crippen molar-refractivity contribution < 1.29 is 42.7 Å². The molecule has 3 aromatic carbocycles. The van der Waals surface area contributed by atoms with Gasteiger partial charge in [-0.3, -0.25) is 4.79 Å². The number of fused-ring (bicyclic) bond motifs is 2. The summed E-state index contributed by atoms with van der Waals surface area (Å²) < 4.78 is 38.5. The molecule has 0 saturated carbocycles. The minimum atomic E-state index is -0.655. The lowest BCUT2D eigenvalue weighted by atomic mass is 10.0. The zero-order valence-electron chi connectivity index (χ0n) is 21.0. The van der Waals surface area contributed by atoms with Crippen LogP contribution in [0.5, 0.6) is 34.5 Å². The van der Waals surface area contributed by atoms with E-state index in [-0.39, 0.29) is 29.6 Å². The highest BCUT2D eigenvalue weighted by molar-refractivity contribution is 6.31. The molecule has 2 heterocycles. The lowest BCUT2D eigenvalue weighted by molar-refractivity contribution is -0.0165. The summed E-state index contributed by atoms with van der Waals surface area (Å²) in [7, 11) is 4.38. The van der Waals surface area contributed by atoms with E-state index >= 15 is 0 Å². The van der Waals surface area contributed by atoms with Gasteiger partial charge in [-0.05, 0) is 49.4 Å². The van der Waals surface area contributed by atoms with Gasteiger partial charge in [0.05, 0.1) is 39.1 Å². The Morgan fingerprint density at radius 1 is 0.974 bits per heavy atom. The molecular formula is C28H23ClO9. The first-order chi connectivity index (χ1) is 18.3. The average molecular weight is 539 g/mol. The fourth-order valence-corrected chi connectivity index (χ4v) is 4.54. The van der Waals surface area contributed by atoms with Crippen molar-refractivity contribution in [1.82, 2.24) is 0 Å². The molecule has 0 aliphatic carbocycles. The molecule has 9 nitrogen and oxygen atoms in total. The number of esters is 1. The summed E-state index contributed by atoms with van der Waals surface area (Å²) in [5.74, 6) is 1.22. The molecule has 0 fully saturated rings. The van der Waals surface area contributed by atoms with E-state index in [0.717, 1.165) is 5.56 Å². The van der Waals surface area contributed by atoms with Gasteiger partial charge in [0.25, 0.3) is 0 Å². The quantitative estimate of drug-likeness (QED) is 0.233. The summed E-state index contributed by atoms with van der Waals surface area (Å²) in [5.41, 5.74) is 2.39. The predicted molar refractivity (Wildman–Crippen MR) is 137 cm³/mol. The number of carbonyl (C=O) groups is 2. The highest BCUT2D eigenvalue weighted by Crippen LogP contribution is 2.42. The number of benzene rings is 3. The maximum Gasteiger partial charge on any atom is 0.343 e. The molecule has 196 valence electrons. The Labute approximate surface area is 223 Å². The molecule has 0 N–H and O–H groups in total. The molecule has 0 amide bonds. The minimum Gasteiger partial charge on any atom is -0.493 e. The Morgan fingerprint density at radius 3 is 2.39 bits per heavy atom. The third kappa shape index (κ3) is 4.51. The summed E-state index contributed by atoms with van der Waals surface area (Å²) in [6.45, 7) is 2.15. The van der Waals surface area contributed by atoms with E-state index in [1.807, 2.05) is 0 Å². The van der Waals surface area contributed by atoms with Gasteiger partial charge in [0.2, 0.25) is 11.5 Å². The number of ketones is 1. The first kappa shape index (κ1) is 25.4. The Kier molecular flexibility index (Phi) is 6.88. The molecule has 3 aromatic rings. The van der Waals surface area contributed by atoms with Crippen molar-refractivity contribution in [3.05, 3.63) is 75.0 Å². The minimum absolute atomic E-state index is 0.0933. The number of allylic oxidation sites excluding steroid dienone is 1. The van der Waals surface area contributed by atoms with Gasteiger partial charge in [-0.2, -0.15) is 0 Å². The van der Waals surface area contributed by atoms with E-state index in [2.05, 4.69) is 0 Å². The number of Topliss-reactive ketones (excluding diaryl/α,β-unsaturated/α-hetero) is 1. The molecule has 2 aliphatic rings. The monoisotopic (exact) mass is 538 g/mol. The number of ether oxygens (including phenoxy) is 7. The highest BCUT2D eigenvalue weighted by atomic mass is 35.5. The smallest absolute Gasteiger partial charge is 0.343 e. The van der Waals surface area contributed by atoms with Gasteiger partial charge >= 0.3 is 5.97 Å². The normalized spacial score (nSPS) is 14.8. The summed E-state index contributed by atoms with van der Waals surface area (Å²) in [6, 6.07) is 9.54. The fraction of sp³-hybridized carbons (Fsp3) is 0.214. The number of carbonyl (C=O) groups excluding carboxylic acids is 2. The second kappa shape index (κ2) is 10.3. The third-order valence-corrected chi connectivity index (χ3v) is 6.35. The van der Waals surface area contributed by atoms with Crippen LogP contribution >= 0.6 is 11.6 Å². The number of hydrogen-bond acceptors (Lipinski definition) is 9. The summed E-state index contributed by atoms with van der Waals surface area (Å²) in [5, 5.41) is 0.477. The molecule has 38 heavy (non-hydrogen) atoms. The van der Waals surface area contributed by atoms with Crippen molar-refractivity contribution in [2.24, 2.45) is 0 Å². The second-order valence-electron chi connectivity index (χ2n) is 8.40. The van der Waals surface area contributed by atoms with Crippen molar-refractivity contribution in [2.45, 2.75) is 13.5 Å².